The first-order chi connectivity index (χ1) is 13.5. The highest BCUT2D eigenvalue weighted by molar-refractivity contribution is 6.06. The molecule has 1 aliphatic heterocycles. The minimum atomic E-state index is -1.68. The number of nitrogens with zero attached hydrogens (tertiary/aromatic N) is 4. The average molecular weight is 362 g/mol. The Bertz CT molecular complexity index is 1000. The molecule has 9 nitrogen and oxygen atoms in total. The number of fused-ring (bicyclic) bond motifs is 1. The maximum absolute atomic E-state index is 12.4. The predicted octanol–water partition coefficient (Wildman–Crippen LogP) is 0.719. The summed E-state index contributed by atoms with van der Waals surface area (Å²) >= 11 is 0. The molecule has 0 spiro atoms. The van der Waals surface area contributed by atoms with Crippen molar-refractivity contribution >= 4 is 22.9 Å². The molecule has 1 amide bonds. The van der Waals surface area contributed by atoms with Crippen LogP contribution in [0, 0.1) is 0 Å². The summed E-state index contributed by atoms with van der Waals surface area (Å²) in [7, 11) is 0. The van der Waals surface area contributed by atoms with Crippen LogP contribution in [0.4, 0.5) is 5.82 Å². The number of aromatic nitrogens is 4. The lowest BCUT2D eigenvalue weighted by Crippen LogP contribution is -2.24. The van der Waals surface area contributed by atoms with Crippen LogP contribution in [0.5, 0.6) is 0 Å². The van der Waals surface area contributed by atoms with E-state index in [0.717, 1.165) is 0 Å². The van der Waals surface area contributed by atoms with Gasteiger partial charge in [-0.2, -0.15) is 0 Å². The quantitative estimate of drug-likeness (QED) is 0.585. The molecule has 1 saturated heterocycles. The highest BCUT2D eigenvalue weighted by atomic mass is 16.7. The fourth-order valence-electron chi connectivity index (χ4n) is 2.75. The van der Waals surface area contributed by atoms with Crippen molar-refractivity contribution in [2.75, 3.05) is 11.9 Å². The molecule has 1 fully saturated rings. The molecule has 3 aromatic rings. The van der Waals surface area contributed by atoms with E-state index in [2.05, 4.69) is 20.3 Å². The molecule has 1 aromatic carbocycles. The molecule has 0 radical (unpaired) electrons. The third-order valence-electron chi connectivity index (χ3n) is 4.04. The smallest absolute Gasteiger partial charge is 0.256 e. The van der Waals surface area contributed by atoms with Gasteiger partial charge in [0.05, 0.1) is 20.4 Å². The molecule has 2 aromatic heterocycles. The normalized spacial score (nSPS) is 27.8. The van der Waals surface area contributed by atoms with Gasteiger partial charge in [0.1, 0.15) is 18.7 Å². The van der Waals surface area contributed by atoms with Crippen LogP contribution in [0.2, 0.25) is 0 Å². The summed E-state index contributed by atoms with van der Waals surface area (Å²) in [4.78, 5) is 24.8. The van der Waals surface area contributed by atoms with Crippen molar-refractivity contribution in [2.45, 2.75) is 24.8 Å². The molecular weight excluding hydrogens is 343 g/mol. The van der Waals surface area contributed by atoms with Crippen molar-refractivity contribution < 1.29 is 22.5 Å². The molecule has 0 aliphatic carbocycles. The number of hydrogen-bond donors (Lipinski definition) is 3. The first-order valence-electron chi connectivity index (χ1n) is 9.03. The summed E-state index contributed by atoms with van der Waals surface area (Å²) in [6.07, 6.45) is -2.12. The third-order valence-corrected chi connectivity index (χ3v) is 4.04. The fourth-order valence-corrected chi connectivity index (χ4v) is 2.75. The molecular formula is C17H17N5O4. The number of amides is 1. The van der Waals surface area contributed by atoms with E-state index in [1.165, 1.54) is 17.2 Å². The Balaban J connectivity index is 1.65. The summed E-state index contributed by atoms with van der Waals surface area (Å²) in [5.74, 6) is -0.173. The van der Waals surface area contributed by atoms with Gasteiger partial charge in [-0.25, -0.2) is 15.0 Å². The van der Waals surface area contributed by atoms with Crippen molar-refractivity contribution in [3.63, 3.8) is 0 Å². The Kier molecular flexibility index (Phi) is 3.74. The number of anilines is 1. The second-order valence-corrected chi connectivity index (χ2v) is 5.69. The zero-order valence-electron chi connectivity index (χ0n) is 15.4. The lowest BCUT2D eigenvalue weighted by Gasteiger charge is -2.13. The van der Waals surface area contributed by atoms with E-state index < -0.39 is 31.4 Å². The van der Waals surface area contributed by atoms with Gasteiger partial charge < -0.3 is 20.3 Å². The second kappa shape index (κ2) is 6.79. The minimum Gasteiger partial charge on any atom is -0.394 e. The van der Waals surface area contributed by atoms with Gasteiger partial charge in [-0.05, 0) is 12.1 Å². The maximum atomic E-state index is 12.4. The molecule has 5 atom stereocenters. The van der Waals surface area contributed by atoms with Crippen LogP contribution in [0.25, 0.3) is 11.2 Å². The Morgan fingerprint density at radius 1 is 1.38 bits per heavy atom. The predicted molar refractivity (Wildman–Crippen MR) is 91.3 cm³/mol. The van der Waals surface area contributed by atoms with Gasteiger partial charge in [0.15, 0.2) is 17.0 Å². The number of carbonyl (C=O) groups is 1. The Morgan fingerprint density at radius 3 is 2.92 bits per heavy atom. The number of aliphatic hydroxyl groups excluding tert-OH is 2. The number of nitrogens with one attached hydrogen (secondary N) is 1. The van der Waals surface area contributed by atoms with Gasteiger partial charge in [0.2, 0.25) is 0 Å². The summed E-state index contributed by atoms with van der Waals surface area (Å²) < 4.78 is 22.4. The number of benzene rings is 1. The van der Waals surface area contributed by atoms with Crippen molar-refractivity contribution in [3.05, 3.63) is 48.5 Å². The van der Waals surface area contributed by atoms with Crippen LogP contribution in [-0.4, -0.2) is 54.4 Å². The van der Waals surface area contributed by atoms with Crippen LogP contribution in [0.3, 0.4) is 0 Å². The zero-order chi connectivity index (χ0) is 19.8. The lowest BCUT2D eigenvalue weighted by molar-refractivity contribution is -0.0432. The number of carbonyl (C=O) groups excluding carboxylic acids is 1. The van der Waals surface area contributed by atoms with E-state index in [-0.39, 0.29) is 22.9 Å². The van der Waals surface area contributed by atoms with Gasteiger partial charge >= 0.3 is 0 Å². The standard InChI is InChI=1S/C17H17N5O4/c23-7-12-11(24)6-13(26-12)22-9-20-14-15(18-8-19-16(14)22)21-17(25)10-4-2-1-3-5-10/h1-5,8-9,11-13,23-24H,6-7H2,(H,18,19,21,25)/t11-,12+,13+/m0/s1/i6+1D,7+1D,11+1,12+1,13+1/t6-,7?,11+,12-,13-/m1. The molecule has 4 rings (SSSR count). The first-order valence-corrected chi connectivity index (χ1v) is 7.87. The average Bonchev–Trinajstić information content (AvgIpc) is 3.25. The van der Waals surface area contributed by atoms with E-state index in [0.29, 0.717) is 5.56 Å². The molecule has 9 heteroatoms. The van der Waals surface area contributed by atoms with Crippen molar-refractivity contribution in [1.29, 1.82) is 0 Å². The number of hydrogen-bond acceptors (Lipinski definition) is 7. The van der Waals surface area contributed by atoms with Gasteiger partial charge in [-0.1, -0.05) is 18.2 Å². The lowest BCUT2D eigenvalue weighted by atomic mass is 10.2. The van der Waals surface area contributed by atoms with Crippen LogP contribution in [0.1, 0.15) is 25.7 Å². The first kappa shape index (κ1) is 14.3. The Hall–Kier alpha value is -2.88. The molecule has 0 bridgehead atoms. The Morgan fingerprint density at radius 2 is 2.19 bits per heavy atom. The summed E-state index contributed by atoms with van der Waals surface area (Å²) in [6.45, 7) is -1.68. The monoisotopic (exact) mass is 362 g/mol. The molecule has 1 aliphatic rings. The second-order valence-electron chi connectivity index (χ2n) is 5.69. The number of rotatable bonds is 4. The van der Waals surface area contributed by atoms with Gasteiger partial charge in [-0.3, -0.25) is 9.36 Å². The van der Waals surface area contributed by atoms with E-state index in [4.69, 9.17) is 7.48 Å². The van der Waals surface area contributed by atoms with Crippen molar-refractivity contribution in [2.24, 2.45) is 0 Å². The fraction of sp³-hybridized carbons (Fsp3) is 0.294. The topological polar surface area (TPSA) is 122 Å². The Labute approximate surface area is 151 Å². The minimum absolute atomic E-state index is 0.190. The highest BCUT2D eigenvalue weighted by Crippen LogP contribution is 2.31. The van der Waals surface area contributed by atoms with Crippen LogP contribution in [-0.2, 0) is 4.74 Å². The van der Waals surface area contributed by atoms with Crippen LogP contribution in [0.15, 0.2) is 43.0 Å². The SMILES string of the molecule is [2H][13CH](O)[13C@H]1O[13C@@H](n2cnc3c(NC(=O)c4ccccc4)ncnc32)[13C@H]([2H])[13C@@H]1O. The summed E-state index contributed by atoms with van der Waals surface area (Å²) in [5, 5.41) is 22.2. The van der Waals surface area contributed by atoms with Crippen LogP contribution >= 0.6 is 0 Å². The number of imidazole rings is 1. The molecule has 134 valence electrons. The van der Waals surface area contributed by atoms with Crippen LogP contribution < -0.4 is 5.32 Å². The highest BCUT2D eigenvalue weighted by Gasteiger charge is 2.35. The van der Waals surface area contributed by atoms with E-state index >= 15 is 0 Å². The molecule has 3 N–H and O–H groups in total. The molecule has 1 unspecified atom stereocenters. The molecule has 0 saturated carbocycles. The summed E-state index contributed by atoms with van der Waals surface area (Å²) in [6, 6.07) is 8.62. The van der Waals surface area contributed by atoms with Gasteiger partial charge in [-0.15, -0.1) is 0 Å². The van der Waals surface area contributed by atoms with Crippen molar-refractivity contribution in [1.82, 2.24) is 19.5 Å². The largest absolute Gasteiger partial charge is 0.394 e. The maximum Gasteiger partial charge on any atom is 0.256 e. The molecule has 3 heterocycles. The van der Waals surface area contributed by atoms with Crippen molar-refractivity contribution in [3.8, 4) is 0 Å². The summed E-state index contributed by atoms with van der Waals surface area (Å²) in [5.41, 5.74) is 1.02. The molecule has 26 heavy (non-hydrogen) atoms. The van der Waals surface area contributed by atoms with E-state index in [1.807, 2.05) is 0 Å². The van der Waals surface area contributed by atoms with E-state index in [9.17, 15) is 15.0 Å². The number of ether oxygens (including phenoxy) is 1. The van der Waals surface area contributed by atoms with Gasteiger partial charge in [0, 0.05) is 13.3 Å². The number of aliphatic hydroxyl groups is 2. The third kappa shape index (κ3) is 2.92. The van der Waals surface area contributed by atoms with E-state index in [1.54, 1.807) is 30.3 Å². The van der Waals surface area contributed by atoms with Gasteiger partial charge in [0.25, 0.3) is 5.91 Å². The zero-order valence-corrected chi connectivity index (χ0v) is 13.4.